The molecule has 0 saturated carbocycles. The molecule has 4 nitrogen and oxygen atoms in total. The van der Waals surface area contributed by atoms with Gasteiger partial charge in [0.25, 0.3) is 0 Å². The molecule has 0 atom stereocenters. The van der Waals surface area contributed by atoms with Crippen LogP contribution in [0.2, 0.25) is 0 Å². The minimum atomic E-state index is -0.600. The third kappa shape index (κ3) is 3.04. The number of nitrogens with zero attached hydrogens (tertiary/aromatic N) is 2. The zero-order chi connectivity index (χ0) is 13.1. The van der Waals surface area contributed by atoms with Gasteiger partial charge in [0.1, 0.15) is 0 Å². The van der Waals surface area contributed by atoms with Crippen LogP contribution in [0, 0.1) is 0 Å². The van der Waals surface area contributed by atoms with Gasteiger partial charge >= 0.3 is 0 Å². The molecule has 0 aliphatic carbocycles. The lowest BCUT2D eigenvalue weighted by atomic mass is 10.1. The van der Waals surface area contributed by atoms with E-state index in [-0.39, 0.29) is 0 Å². The van der Waals surface area contributed by atoms with Crippen LogP contribution in [0.3, 0.4) is 0 Å². The molecule has 2 aromatic rings. The summed E-state index contributed by atoms with van der Waals surface area (Å²) < 4.78 is 13.3. The molecule has 1 aliphatic heterocycles. The van der Waals surface area contributed by atoms with Crippen molar-refractivity contribution >= 4 is 16.5 Å². The highest BCUT2D eigenvalue weighted by atomic mass is 32.2. The topological polar surface area (TPSA) is 46.9 Å². The summed E-state index contributed by atoms with van der Waals surface area (Å²) in [6.45, 7) is 0. The number of hydrogen-bond donors (Lipinski definition) is 1. The fraction of sp³-hybridized carbons (Fsp3) is 0.357. The lowest BCUT2D eigenvalue weighted by Gasteiger charge is -2.23. The van der Waals surface area contributed by atoms with Crippen LogP contribution in [-0.4, -0.2) is 31.3 Å². The molecular formula is C14H17N3OS. The maximum atomic E-state index is 11.3. The van der Waals surface area contributed by atoms with Gasteiger partial charge in [-0.3, -0.25) is 4.21 Å². The molecule has 100 valence electrons. The molecule has 0 unspecified atom stereocenters. The standard InChI is InChI=1S/C14H17N3OS/c18-19-8-4-12(5-9-19)16-13-2-1-3-14(10-13)17-7-6-15-11-17/h1-3,6-7,10-12,16H,4-5,8-9H2. The van der Waals surface area contributed by atoms with Crippen molar-refractivity contribution in [1.82, 2.24) is 9.55 Å². The van der Waals surface area contributed by atoms with Crippen molar-refractivity contribution in [3.05, 3.63) is 43.0 Å². The first-order valence-corrected chi connectivity index (χ1v) is 8.00. The van der Waals surface area contributed by atoms with E-state index >= 15 is 0 Å². The molecule has 19 heavy (non-hydrogen) atoms. The van der Waals surface area contributed by atoms with Gasteiger partial charge in [-0.1, -0.05) is 6.07 Å². The Morgan fingerprint density at radius 1 is 1.32 bits per heavy atom. The highest BCUT2D eigenvalue weighted by Crippen LogP contribution is 2.19. The highest BCUT2D eigenvalue weighted by Gasteiger charge is 2.17. The number of benzene rings is 1. The van der Waals surface area contributed by atoms with Crippen LogP contribution in [0.5, 0.6) is 0 Å². The van der Waals surface area contributed by atoms with E-state index in [2.05, 4.69) is 28.5 Å². The van der Waals surface area contributed by atoms with Gasteiger partial charge in [-0.2, -0.15) is 0 Å². The summed E-state index contributed by atoms with van der Waals surface area (Å²) in [6, 6.07) is 8.73. The van der Waals surface area contributed by atoms with E-state index in [0.29, 0.717) is 6.04 Å². The van der Waals surface area contributed by atoms with Crippen LogP contribution in [0.4, 0.5) is 5.69 Å². The van der Waals surface area contributed by atoms with Gasteiger partial charge in [-0.15, -0.1) is 0 Å². The molecule has 1 saturated heterocycles. The fourth-order valence-electron chi connectivity index (χ4n) is 2.34. The first kappa shape index (κ1) is 12.4. The highest BCUT2D eigenvalue weighted by molar-refractivity contribution is 7.85. The Morgan fingerprint density at radius 2 is 2.16 bits per heavy atom. The maximum absolute atomic E-state index is 11.3. The van der Waals surface area contributed by atoms with Crippen molar-refractivity contribution < 1.29 is 4.21 Å². The minimum absolute atomic E-state index is 0.440. The monoisotopic (exact) mass is 275 g/mol. The molecule has 0 radical (unpaired) electrons. The van der Waals surface area contributed by atoms with E-state index in [1.54, 1.807) is 12.5 Å². The summed E-state index contributed by atoms with van der Waals surface area (Å²) in [7, 11) is -0.600. The Hall–Kier alpha value is -1.62. The maximum Gasteiger partial charge on any atom is 0.0991 e. The largest absolute Gasteiger partial charge is 0.382 e. The zero-order valence-electron chi connectivity index (χ0n) is 10.7. The summed E-state index contributed by atoms with van der Waals surface area (Å²) in [5.41, 5.74) is 2.21. The zero-order valence-corrected chi connectivity index (χ0v) is 11.5. The minimum Gasteiger partial charge on any atom is -0.382 e. The molecule has 1 aromatic carbocycles. The normalized spacial score (nSPS) is 23.2. The van der Waals surface area contributed by atoms with Crippen molar-refractivity contribution in [2.24, 2.45) is 0 Å². The van der Waals surface area contributed by atoms with Gasteiger partial charge < -0.3 is 9.88 Å². The first-order valence-electron chi connectivity index (χ1n) is 6.51. The van der Waals surface area contributed by atoms with E-state index in [0.717, 1.165) is 35.7 Å². The molecular weight excluding hydrogens is 258 g/mol. The Balaban J connectivity index is 1.71. The van der Waals surface area contributed by atoms with Gasteiger partial charge in [0.15, 0.2) is 0 Å². The van der Waals surface area contributed by atoms with Gasteiger partial charge in [0.05, 0.1) is 6.33 Å². The van der Waals surface area contributed by atoms with Gasteiger partial charge in [0, 0.05) is 52.1 Å². The summed E-state index contributed by atoms with van der Waals surface area (Å²) in [5, 5.41) is 3.54. The predicted molar refractivity (Wildman–Crippen MR) is 78.1 cm³/mol. The molecule has 0 amide bonds. The van der Waals surface area contributed by atoms with Gasteiger partial charge in [0.2, 0.25) is 0 Å². The van der Waals surface area contributed by atoms with Crippen LogP contribution in [0.15, 0.2) is 43.0 Å². The molecule has 1 fully saturated rings. The molecule has 3 rings (SSSR count). The SMILES string of the molecule is O=S1CCC(Nc2cccc(-n3ccnc3)c2)CC1. The van der Waals surface area contributed by atoms with E-state index in [4.69, 9.17) is 0 Å². The summed E-state index contributed by atoms with van der Waals surface area (Å²) in [6.07, 6.45) is 7.48. The number of rotatable bonds is 3. The second-order valence-corrected chi connectivity index (χ2v) is 6.48. The van der Waals surface area contributed by atoms with Crippen molar-refractivity contribution in [3.8, 4) is 5.69 Å². The van der Waals surface area contributed by atoms with Gasteiger partial charge in [-0.05, 0) is 31.0 Å². The van der Waals surface area contributed by atoms with Crippen molar-refractivity contribution in [2.75, 3.05) is 16.8 Å². The Kier molecular flexibility index (Phi) is 3.64. The lowest BCUT2D eigenvalue weighted by Crippen LogP contribution is -2.29. The third-order valence-electron chi connectivity index (χ3n) is 3.41. The fourth-order valence-corrected chi connectivity index (χ4v) is 3.64. The van der Waals surface area contributed by atoms with Crippen LogP contribution in [0.1, 0.15) is 12.8 Å². The predicted octanol–water partition coefficient (Wildman–Crippen LogP) is 2.20. The molecule has 2 heterocycles. The van der Waals surface area contributed by atoms with Crippen LogP contribution in [0.25, 0.3) is 5.69 Å². The Morgan fingerprint density at radius 3 is 2.89 bits per heavy atom. The smallest absolute Gasteiger partial charge is 0.0991 e. The second-order valence-electron chi connectivity index (χ2n) is 4.79. The van der Waals surface area contributed by atoms with Crippen molar-refractivity contribution in [2.45, 2.75) is 18.9 Å². The quantitative estimate of drug-likeness (QED) is 0.934. The second kappa shape index (κ2) is 5.57. The Labute approximate surface area is 115 Å². The first-order chi connectivity index (χ1) is 9.31. The van der Waals surface area contributed by atoms with Gasteiger partial charge in [-0.25, -0.2) is 4.98 Å². The summed E-state index contributed by atoms with van der Waals surface area (Å²) >= 11 is 0. The molecule has 1 N–H and O–H groups in total. The van der Waals surface area contributed by atoms with Crippen LogP contribution in [-0.2, 0) is 10.8 Å². The van der Waals surface area contributed by atoms with E-state index < -0.39 is 10.8 Å². The third-order valence-corrected chi connectivity index (χ3v) is 4.79. The number of nitrogens with one attached hydrogen (secondary N) is 1. The Bertz CT molecular complexity index is 558. The molecule has 5 heteroatoms. The summed E-state index contributed by atoms with van der Waals surface area (Å²) in [5.74, 6) is 1.64. The van der Waals surface area contributed by atoms with E-state index in [1.165, 1.54) is 0 Å². The number of imidazole rings is 1. The average molecular weight is 275 g/mol. The summed E-state index contributed by atoms with van der Waals surface area (Å²) in [4.78, 5) is 4.06. The lowest BCUT2D eigenvalue weighted by molar-refractivity contribution is 0.624. The molecule has 1 aliphatic rings. The molecule has 0 spiro atoms. The number of aromatic nitrogens is 2. The average Bonchev–Trinajstić information content (AvgIpc) is 2.96. The van der Waals surface area contributed by atoms with Crippen molar-refractivity contribution in [3.63, 3.8) is 0 Å². The molecule has 0 bridgehead atoms. The van der Waals surface area contributed by atoms with E-state index in [1.807, 2.05) is 16.8 Å². The van der Waals surface area contributed by atoms with E-state index in [9.17, 15) is 4.21 Å². The van der Waals surface area contributed by atoms with Crippen LogP contribution >= 0.6 is 0 Å². The number of anilines is 1. The van der Waals surface area contributed by atoms with Crippen LogP contribution < -0.4 is 5.32 Å². The number of hydrogen-bond acceptors (Lipinski definition) is 3. The van der Waals surface area contributed by atoms with Crippen molar-refractivity contribution in [1.29, 1.82) is 0 Å². The molecule has 1 aromatic heterocycles.